The van der Waals surface area contributed by atoms with Crippen LogP contribution in [0.3, 0.4) is 0 Å². The number of hydrogen-bond acceptors (Lipinski definition) is 3. The normalized spacial score (nSPS) is 21.0. The number of carbonyl (C=O) groups is 1. The molecule has 0 aliphatic carbocycles. The quantitative estimate of drug-likeness (QED) is 0.462. The maximum Gasteiger partial charge on any atom is 0.303 e. The minimum atomic E-state index is -0.735. The van der Waals surface area contributed by atoms with Crippen LogP contribution in [0.2, 0.25) is 0 Å². The third-order valence-electron chi connectivity index (χ3n) is 4.66. The molecule has 0 aromatic rings. The van der Waals surface area contributed by atoms with E-state index in [1.807, 2.05) is 12.2 Å². The molecule has 0 saturated heterocycles. The lowest BCUT2D eigenvalue weighted by molar-refractivity contribution is -0.137. The molecule has 1 aliphatic rings. The van der Waals surface area contributed by atoms with Gasteiger partial charge < -0.3 is 10.2 Å². The molecular weight excluding hydrogens is 290 g/mol. The summed E-state index contributed by atoms with van der Waals surface area (Å²) in [6.45, 7) is 2.22. The highest BCUT2D eigenvalue weighted by molar-refractivity contribution is 5.75. The Morgan fingerprint density at radius 3 is 2.43 bits per heavy atom. The van der Waals surface area contributed by atoms with Crippen molar-refractivity contribution in [1.29, 1.82) is 0 Å². The fourth-order valence-corrected chi connectivity index (χ4v) is 3.18. The molecule has 1 aliphatic heterocycles. The first kappa shape index (κ1) is 19.9. The summed E-state index contributed by atoms with van der Waals surface area (Å²) in [6, 6.07) is 0. The summed E-state index contributed by atoms with van der Waals surface area (Å²) >= 11 is 0. The lowest BCUT2D eigenvalue weighted by Crippen LogP contribution is -2.37. The van der Waals surface area contributed by atoms with Crippen molar-refractivity contribution >= 4 is 12.2 Å². The van der Waals surface area contributed by atoms with Crippen molar-refractivity contribution in [1.82, 2.24) is 0 Å². The molecule has 0 spiro atoms. The summed E-state index contributed by atoms with van der Waals surface area (Å²) in [5.74, 6) is -0.735. The van der Waals surface area contributed by atoms with Crippen LogP contribution in [-0.4, -0.2) is 34.0 Å². The molecule has 2 atom stereocenters. The minimum absolute atomic E-state index is 0.229. The van der Waals surface area contributed by atoms with E-state index >= 15 is 0 Å². The Morgan fingerprint density at radius 2 is 1.78 bits per heavy atom. The van der Waals surface area contributed by atoms with Crippen LogP contribution in [0.4, 0.5) is 0 Å². The highest BCUT2D eigenvalue weighted by Gasteiger charge is 2.35. The second-order valence-corrected chi connectivity index (χ2v) is 6.66. The van der Waals surface area contributed by atoms with Crippen LogP contribution in [0.15, 0.2) is 17.1 Å². The summed E-state index contributed by atoms with van der Waals surface area (Å²) < 4.78 is 0. The van der Waals surface area contributed by atoms with E-state index in [4.69, 9.17) is 5.11 Å². The number of aliphatic carboxylic acids is 1. The molecule has 2 unspecified atom stereocenters. The van der Waals surface area contributed by atoms with Crippen molar-refractivity contribution in [2.24, 2.45) is 4.99 Å². The van der Waals surface area contributed by atoms with Gasteiger partial charge in [0.25, 0.3) is 0 Å². The molecular formula is C19H33NO3. The fourth-order valence-electron chi connectivity index (χ4n) is 3.18. The third kappa shape index (κ3) is 7.78. The number of aliphatic imine (C=N–C) groups is 1. The zero-order valence-corrected chi connectivity index (χ0v) is 14.5. The van der Waals surface area contributed by atoms with Crippen LogP contribution < -0.4 is 0 Å². The van der Waals surface area contributed by atoms with Crippen molar-refractivity contribution in [3.8, 4) is 0 Å². The van der Waals surface area contributed by atoms with E-state index < -0.39 is 17.6 Å². The van der Waals surface area contributed by atoms with Crippen molar-refractivity contribution in [3.63, 3.8) is 0 Å². The molecule has 4 nitrogen and oxygen atoms in total. The van der Waals surface area contributed by atoms with E-state index in [2.05, 4.69) is 11.9 Å². The van der Waals surface area contributed by atoms with Crippen LogP contribution in [0.5, 0.6) is 0 Å². The average Bonchev–Trinajstić information content (AvgIpc) is 3.00. The molecule has 0 bridgehead atoms. The predicted molar refractivity (Wildman–Crippen MR) is 95.1 cm³/mol. The van der Waals surface area contributed by atoms with Crippen LogP contribution in [0, 0.1) is 0 Å². The Balaban J connectivity index is 2.27. The standard InChI is InChI=1S/C19H33NO3/c1-2-3-4-5-6-8-12-17(21)19(15-11-16-20-19)14-10-7-9-13-18(22)23/h11,15-17,21H,2-10,12-14H2,1H3,(H,22,23). The summed E-state index contributed by atoms with van der Waals surface area (Å²) in [6.07, 6.45) is 16.9. The van der Waals surface area contributed by atoms with Gasteiger partial charge in [0.1, 0.15) is 5.54 Å². The van der Waals surface area contributed by atoms with Crippen LogP contribution in [0.25, 0.3) is 0 Å². The summed E-state index contributed by atoms with van der Waals surface area (Å²) in [5, 5.41) is 19.3. The number of aliphatic hydroxyl groups excluding tert-OH is 1. The van der Waals surface area contributed by atoms with Gasteiger partial charge in [-0.2, -0.15) is 0 Å². The summed E-state index contributed by atoms with van der Waals surface area (Å²) in [7, 11) is 0. The molecule has 1 rings (SSSR count). The molecule has 0 fully saturated rings. The van der Waals surface area contributed by atoms with E-state index in [0.29, 0.717) is 6.42 Å². The predicted octanol–water partition coefficient (Wildman–Crippen LogP) is 4.51. The SMILES string of the molecule is CCCCCCCCC(O)C1(CCCCCC(=O)O)C=CC=N1. The smallest absolute Gasteiger partial charge is 0.303 e. The fraction of sp³-hybridized carbons (Fsp3) is 0.789. The van der Waals surface area contributed by atoms with Crippen LogP contribution in [-0.2, 0) is 4.79 Å². The molecule has 0 radical (unpaired) electrons. The largest absolute Gasteiger partial charge is 0.481 e. The molecule has 132 valence electrons. The Bertz CT molecular complexity index is 378. The molecule has 0 aromatic carbocycles. The van der Waals surface area contributed by atoms with Gasteiger partial charge in [-0.3, -0.25) is 9.79 Å². The second-order valence-electron chi connectivity index (χ2n) is 6.66. The lowest BCUT2D eigenvalue weighted by atomic mass is 9.84. The third-order valence-corrected chi connectivity index (χ3v) is 4.66. The van der Waals surface area contributed by atoms with Gasteiger partial charge in [0.15, 0.2) is 0 Å². The molecule has 4 heteroatoms. The number of carboxylic acids is 1. The van der Waals surface area contributed by atoms with Gasteiger partial charge in [0, 0.05) is 12.6 Å². The van der Waals surface area contributed by atoms with Gasteiger partial charge >= 0.3 is 5.97 Å². The van der Waals surface area contributed by atoms with Gasteiger partial charge in [-0.25, -0.2) is 0 Å². The first-order valence-corrected chi connectivity index (χ1v) is 9.23. The van der Waals surface area contributed by atoms with Gasteiger partial charge in [-0.15, -0.1) is 0 Å². The van der Waals surface area contributed by atoms with E-state index in [1.54, 1.807) is 6.21 Å². The lowest BCUT2D eigenvalue weighted by Gasteiger charge is -2.30. The van der Waals surface area contributed by atoms with Gasteiger partial charge in [0.2, 0.25) is 0 Å². The number of hydrogen-bond donors (Lipinski definition) is 2. The minimum Gasteiger partial charge on any atom is -0.481 e. The average molecular weight is 323 g/mol. The Morgan fingerprint density at radius 1 is 1.09 bits per heavy atom. The Hall–Kier alpha value is -1.16. The number of allylic oxidation sites excluding steroid dienone is 1. The number of aliphatic hydroxyl groups is 1. The van der Waals surface area contributed by atoms with E-state index in [1.165, 1.54) is 32.1 Å². The number of rotatable bonds is 14. The maximum absolute atomic E-state index is 10.6. The monoisotopic (exact) mass is 323 g/mol. The highest BCUT2D eigenvalue weighted by atomic mass is 16.4. The van der Waals surface area contributed by atoms with E-state index in [9.17, 15) is 9.90 Å². The summed E-state index contributed by atoms with van der Waals surface area (Å²) in [4.78, 5) is 15.1. The van der Waals surface area contributed by atoms with Crippen LogP contribution in [0.1, 0.15) is 84.0 Å². The van der Waals surface area contributed by atoms with Gasteiger partial charge in [-0.05, 0) is 25.3 Å². The number of unbranched alkanes of at least 4 members (excludes halogenated alkanes) is 7. The van der Waals surface area contributed by atoms with Crippen molar-refractivity contribution in [2.75, 3.05) is 0 Å². The van der Waals surface area contributed by atoms with Gasteiger partial charge in [-0.1, -0.05) is 64.4 Å². The molecule has 23 heavy (non-hydrogen) atoms. The van der Waals surface area contributed by atoms with E-state index in [0.717, 1.165) is 32.1 Å². The molecule has 1 heterocycles. The zero-order chi connectivity index (χ0) is 17.0. The van der Waals surface area contributed by atoms with Crippen molar-refractivity contribution in [2.45, 2.75) is 95.6 Å². The van der Waals surface area contributed by atoms with Crippen molar-refractivity contribution < 1.29 is 15.0 Å². The second kappa shape index (κ2) is 11.4. The number of nitrogens with zero attached hydrogens (tertiary/aromatic N) is 1. The topological polar surface area (TPSA) is 69.9 Å². The molecule has 0 amide bonds. The molecule has 2 N–H and O–H groups in total. The van der Waals surface area contributed by atoms with Gasteiger partial charge in [0.05, 0.1) is 6.10 Å². The molecule has 0 aromatic heterocycles. The molecule has 0 saturated carbocycles. The zero-order valence-electron chi connectivity index (χ0n) is 14.5. The first-order valence-electron chi connectivity index (χ1n) is 9.23. The Labute approximate surface area is 140 Å². The number of carboxylic acid groups (broad SMARTS) is 1. The van der Waals surface area contributed by atoms with Crippen LogP contribution >= 0.6 is 0 Å². The van der Waals surface area contributed by atoms with E-state index in [-0.39, 0.29) is 6.42 Å². The highest BCUT2D eigenvalue weighted by Crippen LogP contribution is 2.31. The maximum atomic E-state index is 10.6. The Kier molecular flexibility index (Phi) is 9.85. The first-order chi connectivity index (χ1) is 11.1. The summed E-state index contributed by atoms with van der Waals surface area (Å²) in [5.41, 5.74) is -0.466. The van der Waals surface area contributed by atoms with Crippen molar-refractivity contribution in [3.05, 3.63) is 12.2 Å².